The van der Waals surface area contributed by atoms with Crippen molar-refractivity contribution in [2.75, 3.05) is 45.2 Å². The molecule has 1 heterocycles. The van der Waals surface area contributed by atoms with Crippen molar-refractivity contribution in [3.63, 3.8) is 0 Å². The van der Waals surface area contributed by atoms with Gasteiger partial charge in [0.25, 0.3) is 5.91 Å². The molecule has 1 fully saturated rings. The van der Waals surface area contributed by atoms with Crippen molar-refractivity contribution in [1.29, 1.82) is 0 Å². The SMILES string of the molecule is CC(=O)Nc1ccc(S(=O)(=O)N(C)CC(=O)O[C@H](C)C(=O)N2CCOCC2)cc1. The third-order valence-corrected chi connectivity index (χ3v) is 6.03. The molecule has 1 aliphatic heterocycles. The highest BCUT2D eigenvalue weighted by atomic mass is 32.2. The number of rotatable bonds is 7. The minimum Gasteiger partial charge on any atom is -0.452 e. The molecule has 1 atom stereocenters. The molecule has 0 unspecified atom stereocenters. The van der Waals surface area contributed by atoms with Gasteiger partial charge in [-0.05, 0) is 31.2 Å². The number of esters is 1. The highest BCUT2D eigenvalue weighted by molar-refractivity contribution is 7.89. The van der Waals surface area contributed by atoms with E-state index >= 15 is 0 Å². The predicted molar refractivity (Wildman–Crippen MR) is 104 cm³/mol. The monoisotopic (exact) mass is 427 g/mol. The van der Waals surface area contributed by atoms with E-state index in [0.717, 1.165) is 4.31 Å². The van der Waals surface area contributed by atoms with Crippen LogP contribution in [0.5, 0.6) is 0 Å². The first-order valence-electron chi connectivity index (χ1n) is 9.01. The number of nitrogens with zero attached hydrogens (tertiary/aromatic N) is 2. The van der Waals surface area contributed by atoms with Crippen LogP contribution in [0.4, 0.5) is 5.69 Å². The molecule has 10 nitrogen and oxygen atoms in total. The van der Waals surface area contributed by atoms with Crippen LogP contribution < -0.4 is 5.32 Å². The van der Waals surface area contributed by atoms with Gasteiger partial charge in [0, 0.05) is 32.7 Å². The Morgan fingerprint density at radius 3 is 2.34 bits per heavy atom. The first-order chi connectivity index (χ1) is 13.6. The molecule has 0 spiro atoms. The summed E-state index contributed by atoms with van der Waals surface area (Å²) < 4.78 is 36.3. The topological polar surface area (TPSA) is 122 Å². The first-order valence-corrected chi connectivity index (χ1v) is 10.5. The van der Waals surface area contributed by atoms with Crippen LogP contribution in [0.3, 0.4) is 0 Å². The van der Waals surface area contributed by atoms with Gasteiger partial charge < -0.3 is 19.7 Å². The second-order valence-corrected chi connectivity index (χ2v) is 8.58. The number of amides is 2. The molecule has 1 aromatic carbocycles. The largest absolute Gasteiger partial charge is 0.452 e. The summed E-state index contributed by atoms with van der Waals surface area (Å²) in [7, 11) is -2.71. The Hall–Kier alpha value is -2.50. The molecule has 29 heavy (non-hydrogen) atoms. The van der Waals surface area contributed by atoms with E-state index in [9.17, 15) is 22.8 Å². The Labute approximate surface area is 169 Å². The van der Waals surface area contributed by atoms with Crippen molar-refractivity contribution in [3.8, 4) is 0 Å². The number of sulfonamides is 1. The van der Waals surface area contributed by atoms with Crippen LogP contribution >= 0.6 is 0 Å². The highest BCUT2D eigenvalue weighted by Gasteiger charge is 2.28. The van der Waals surface area contributed by atoms with Crippen molar-refractivity contribution < 1.29 is 32.3 Å². The van der Waals surface area contributed by atoms with Gasteiger partial charge in [-0.2, -0.15) is 4.31 Å². The summed E-state index contributed by atoms with van der Waals surface area (Å²) in [6.07, 6.45) is -1.02. The molecule has 2 rings (SSSR count). The molecule has 1 N–H and O–H groups in total. The van der Waals surface area contributed by atoms with Crippen LogP contribution in [-0.4, -0.2) is 81.4 Å². The maximum atomic E-state index is 12.6. The van der Waals surface area contributed by atoms with Gasteiger partial charge >= 0.3 is 5.97 Å². The van der Waals surface area contributed by atoms with Crippen molar-refractivity contribution in [2.45, 2.75) is 24.8 Å². The molecule has 0 radical (unpaired) electrons. The van der Waals surface area contributed by atoms with E-state index < -0.39 is 28.6 Å². The van der Waals surface area contributed by atoms with Gasteiger partial charge in [-0.25, -0.2) is 8.42 Å². The summed E-state index contributed by atoms with van der Waals surface area (Å²) >= 11 is 0. The van der Waals surface area contributed by atoms with Crippen molar-refractivity contribution in [3.05, 3.63) is 24.3 Å². The Morgan fingerprint density at radius 1 is 1.21 bits per heavy atom. The predicted octanol–water partition coefficient (Wildman–Crippen LogP) is 0.0560. The molecular weight excluding hydrogens is 402 g/mol. The fraction of sp³-hybridized carbons (Fsp3) is 0.500. The Balaban J connectivity index is 1.94. The van der Waals surface area contributed by atoms with E-state index in [1.54, 1.807) is 4.90 Å². The average Bonchev–Trinajstić information content (AvgIpc) is 2.67. The standard InChI is InChI=1S/C18H25N3O7S/c1-13(18(24)21-8-10-27-11-9-21)28-17(23)12-20(3)29(25,26)16-6-4-15(5-7-16)19-14(2)22/h4-7,13H,8-12H2,1-3H3,(H,19,22)/t13-/m1/s1. The van der Waals surface area contributed by atoms with Crippen molar-refractivity contribution in [1.82, 2.24) is 9.21 Å². The van der Waals surface area contributed by atoms with Gasteiger partial charge in [0.15, 0.2) is 6.10 Å². The Kier molecular flexibility index (Phi) is 7.71. The van der Waals surface area contributed by atoms with Crippen molar-refractivity contribution >= 4 is 33.5 Å². The zero-order chi connectivity index (χ0) is 21.6. The fourth-order valence-corrected chi connectivity index (χ4v) is 3.80. The maximum absolute atomic E-state index is 12.6. The third kappa shape index (κ3) is 6.24. The van der Waals surface area contributed by atoms with Gasteiger partial charge in [-0.1, -0.05) is 0 Å². The number of carbonyl (C=O) groups excluding carboxylic acids is 3. The normalized spacial score (nSPS) is 15.7. The zero-order valence-electron chi connectivity index (χ0n) is 16.6. The number of hydrogen-bond acceptors (Lipinski definition) is 7. The lowest BCUT2D eigenvalue weighted by molar-refractivity contribution is -0.160. The minimum atomic E-state index is -3.95. The minimum absolute atomic E-state index is 0.0423. The summed E-state index contributed by atoms with van der Waals surface area (Å²) in [4.78, 5) is 36.9. The number of benzene rings is 1. The lowest BCUT2D eigenvalue weighted by atomic mass is 10.3. The van der Waals surface area contributed by atoms with E-state index in [4.69, 9.17) is 9.47 Å². The molecule has 0 saturated carbocycles. The van der Waals surface area contributed by atoms with Crippen molar-refractivity contribution in [2.24, 2.45) is 0 Å². The highest BCUT2D eigenvalue weighted by Crippen LogP contribution is 2.17. The number of anilines is 1. The molecule has 11 heteroatoms. The summed E-state index contributed by atoms with van der Waals surface area (Å²) in [5, 5.41) is 2.54. The van der Waals surface area contributed by atoms with Gasteiger partial charge in [0.1, 0.15) is 6.54 Å². The second-order valence-electron chi connectivity index (χ2n) is 6.54. The molecule has 2 amide bonds. The van der Waals surface area contributed by atoms with E-state index in [1.807, 2.05) is 0 Å². The Morgan fingerprint density at radius 2 is 1.79 bits per heavy atom. The average molecular weight is 427 g/mol. The van der Waals surface area contributed by atoms with Crippen LogP contribution in [0.15, 0.2) is 29.2 Å². The molecule has 160 valence electrons. The zero-order valence-corrected chi connectivity index (χ0v) is 17.4. The molecular formula is C18H25N3O7S. The van der Waals surface area contributed by atoms with Crippen LogP contribution in [-0.2, 0) is 33.9 Å². The van der Waals surface area contributed by atoms with Gasteiger partial charge in [0.05, 0.1) is 18.1 Å². The number of hydrogen-bond donors (Lipinski definition) is 1. The summed E-state index contributed by atoms with van der Waals surface area (Å²) in [5.74, 6) is -1.46. The summed E-state index contributed by atoms with van der Waals surface area (Å²) in [6, 6.07) is 5.55. The fourth-order valence-electron chi connectivity index (χ4n) is 2.69. The molecule has 0 aromatic heterocycles. The van der Waals surface area contributed by atoms with Gasteiger partial charge in [-0.3, -0.25) is 14.4 Å². The molecule has 1 aliphatic rings. The van der Waals surface area contributed by atoms with Crippen LogP contribution in [0, 0.1) is 0 Å². The lowest BCUT2D eigenvalue weighted by Gasteiger charge is -2.29. The van der Waals surface area contributed by atoms with E-state index in [0.29, 0.717) is 32.0 Å². The molecule has 0 bridgehead atoms. The summed E-state index contributed by atoms with van der Waals surface area (Å²) in [5.41, 5.74) is 0.453. The first kappa shape index (κ1) is 22.8. The molecule has 1 saturated heterocycles. The van der Waals surface area contributed by atoms with Gasteiger partial charge in [-0.15, -0.1) is 0 Å². The number of ether oxygens (including phenoxy) is 2. The Bertz CT molecular complexity index is 849. The number of carbonyl (C=O) groups is 3. The van der Waals surface area contributed by atoms with E-state index in [2.05, 4.69) is 5.32 Å². The molecule has 0 aliphatic carbocycles. The second kappa shape index (κ2) is 9.81. The lowest BCUT2D eigenvalue weighted by Crippen LogP contribution is -2.46. The number of likely N-dealkylation sites (N-methyl/N-ethyl adjacent to an activating group) is 1. The number of nitrogens with one attached hydrogen (secondary N) is 1. The quantitative estimate of drug-likeness (QED) is 0.610. The third-order valence-electron chi connectivity index (χ3n) is 4.21. The maximum Gasteiger partial charge on any atom is 0.322 e. The number of morpholine rings is 1. The van der Waals surface area contributed by atoms with E-state index in [1.165, 1.54) is 45.2 Å². The smallest absolute Gasteiger partial charge is 0.322 e. The van der Waals surface area contributed by atoms with Gasteiger partial charge in [0.2, 0.25) is 15.9 Å². The van der Waals surface area contributed by atoms with E-state index in [-0.39, 0.29) is 16.7 Å². The van der Waals surface area contributed by atoms with Crippen LogP contribution in [0.1, 0.15) is 13.8 Å². The molecule has 1 aromatic rings. The van der Waals surface area contributed by atoms with Crippen LogP contribution in [0.2, 0.25) is 0 Å². The summed E-state index contributed by atoms with van der Waals surface area (Å²) in [6.45, 7) is 3.94. The van der Waals surface area contributed by atoms with Crippen LogP contribution in [0.25, 0.3) is 0 Å².